The quantitative estimate of drug-likeness (QED) is 0.798. The molecule has 1 atom stereocenters. The first-order valence-corrected chi connectivity index (χ1v) is 9.02. The highest BCUT2D eigenvalue weighted by molar-refractivity contribution is 8.13. The maximum Gasteiger partial charge on any atom is 0.232 e. The third-order valence-electron chi connectivity index (χ3n) is 3.41. The Bertz CT molecular complexity index is 658. The van der Waals surface area contributed by atoms with Gasteiger partial charge >= 0.3 is 0 Å². The first-order chi connectivity index (χ1) is 9.17. The summed E-state index contributed by atoms with van der Waals surface area (Å²) in [5, 5.41) is 0.651. The third-order valence-corrected chi connectivity index (χ3v) is 5.06. The molecule has 1 unspecified atom stereocenters. The van der Waals surface area contributed by atoms with Gasteiger partial charge in [-0.1, -0.05) is 11.6 Å². The Balaban J connectivity index is 2.26. The minimum Gasteiger partial charge on any atom is -0.312 e. The Morgan fingerprint density at radius 1 is 1.30 bits per heavy atom. The summed E-state index contributed by atoms with van der Waals surface area (Å²) >= 11 is 6.04. The number of benzene rings is 1. The number of aryl methyl sites for hydroxylation is 2. The zero-order valence-electron chi connectivity index (χ0n) is 11.2. The molecule has 1 aliphatic rings. The highest BCUT2D eigenvalue weighted by atomic mass is 35.7. The monoisotopic (exact) mass is 335 g/mol. The average Bonchev–Trinajstić information content (AvgIpc) is 2.62. The average molecular weight is 336 g/mol. The lowest BCUT2D eigenvalue weighted by Gasteiger charge is -2.20. The Labute approximate surface area is 128 Å². The molecule has 1 aromatic carbocycles. The minimum atomic E-state index is -3.59. The van der Waals surface area contributed by atoms with E-state index < -0.39 is 9.05 Å². The Kier molecular flexibility index (Phi) is 4.33. The zero-order chi connectivity index (χ0) is 15.1. The fourth-order valence-corrected chi connectivity index (χ4v) is 4.00. The first-order valence-electron chi connectivity index (χ1n) is 6.17. The molecule has 1 heterocycles. The van der Waals surface area contributed by atoms with Crippen molar-refractivity contribution in [2.24, 2.45) is 5.92 Å². The van der Waals surface area contributed by atoms with Crippen molar-refractivity contribution in [1.29, 1.82) is 0 Å². The Morgan fingerprint density at radius 3 is 2.55 bits per heavy atom. The van der Waals surface area contributed by atoms with Crippen LogP contribution in [-0.4, -0.2) is 26.6 Å². The number of hydrogen-bond donors (Lipinski definition) is 0. The molecular formula is C13H15Cl2NO3S. The highest BCUT2D eigenvalue weighted by Crippen LogP contribution is 2.32. The van der Waals surface area contributed by atoms with E-state index in [1.54, 1.807) is 4.90 Å². The van der Waals surface area contributed by atoms with Crippen LogP contribution in [0.15, 0.2) is 12.1 Å². The molecule has 0 N–H and O–H groups in total. The van der Waals surface area contributed by atoms with Crippen LogP contribution in [0.5, 0.6) is 0 Å². The number of carbonyl (C=O) groups is 1. The van der Waals surface area contributed by atoms with Gasteiger partial charge in [-0.05, 0) is 37.1 Å². The molecule has 0 aliphatic carbocycles. The number of amides is 1. The maximum atomic E-state index is 12.1. The summed E-state index contributed by atoms with van der Waals surface area (Å²) in [6, 6.07) is 3.66. The minimum absolute atomic E-state index is 0.0832. The van der Waals surface area contributed by atoms with Crippen LogP contribution in [0, 0.1) is 19.8 Å². The zero-order valence-corrected chi connectivity index (χ0v) is 13.5. The molecule has 0 bridgehead atoms. The lowest BCUT2D eigenvalue weighted by atomic mass is 10.1. The van der Waals surface area contributed by atoms with E-state index in [1.165, 1.54) is 0 Å². The first kappa shape index (κ1) is 15.6. The molecule has 20 heavy (non-hydrogen) atoms. The van der Waals surface area contributed by atoms with E-state index in [4.69, 9.17) is 22.3 Å². The SMILES string of the molecule is Cc1cc(N2CC(CS(=O)(=O)Cl)CC2=O)c(C)cc1Cl. The summed E-state index contributed by atoms with van der Waals surface area (Å²) in [4.78, 5) is 13.7. The number of nitrogens with zero attached hydrogens (tertiary/aromatic N) is 1. The van der Waals surface area contributed by atoms with E-state index in [0.29, 0.717) is 11.6 Å². The topological polar surface area (TPSA) is 54.5 Å². The summed E-state index contributed by atoms with van der Waals surface area (Å²) in [5.74, 6) is -0.525. The van der Waals surface area contributed by atoms with Gasteiger partial charge in [-0.3, -0.25) is 4.79 Å². The van der Waals surface area contributed by atoms with Crippen molar-refractivity contribution in [2.45, 2.75) is 20.3 Å². The third kappa shape index (κ3) is 3.45. The van der Waals surface area contributed by atoms with Crippen LogP contribution in [0.1, 0.15) is 17.5 Å². The molecule has 7 heteroatoms. The Morgan fingerprint density at radius 2 is 1.95 bits per heavy atom. The van der Waals surface area contributed by atoms with Crippen LogP contribution in [0.4, 0.5) is 5.69 Å². The Hall–Kier alpha value is -0.780. The molecule has 110 valence electrons. The summed E-state index contributed by atoms with van der Waals surface area (Å²) in [6.07, 6.45) is 0.201. The number of hydrogen-bond acceptors (Lipinski definition) is 3. The van der Waals surface area contributed by atoms with E-state index in [9.17, 15) is 13.2 Å². The summed E-state index contributed by atoms with van der Waals surface area (Å²) < 4.78 is 22.2. The van der Waals surface area contributed by atoms with Crippen molar-refractivity contribution in [1.82, 2.24) is 0 Å². The molecule has 1 aliphatic heterocycles. The number of carbonyl (C=O) groups excluding carboxylic acids is 1. The van der Waals surface area contributed by atoms with Crippen LogP contribution in [-0.2, 0) is 13.8 Å². The van der Waals surface area contributed by atoms with Crippen LogP contribution in [0.3, 0.4) is 0 Å². The van der Waals surface area contributed by atoms with Gasteiger partial charge in [-0.2, -0.15) is 0 Å². The lowest BCUT2D eigenvalue weighted by molar-refractivity contribution is -0.117. The summed E-state index contributed by atoms with van der Waals surface area (Å²) in [7, 11) is 1.67. The predicted octanol–water partition coefficient (Wildman–Crippen LogP) is 2.88. The van der Waals surface area contributed by atoms with Gasteiger partial charge in [-0.15, -0.1) is 0 Å². The van der Waals surface area contributed by atoms with Crippen LogP contribution < -0.4 is 4.90 Å². The molecule has 4 nitrogen and oxygen atoms in total. The molecule has 0 saturated carbocycles. The van der Waals surface area contributed by atoms with E-state index in [0.717, 1.165) is 16.8 Å². The molecule has 1 saturated heterocycles. The van der Waals surface area contributed by atoms with Crippen LogP contribution >= 0.6 is 22.3 Å². The maximum absolute atomic E-state index is 12.1. The second-order valence-electron chi connectivity index (χ2n) is 5.17. The van der Waals surface area contributed by atoms with Gasteiger partial charge in [0.25, 0.3) is 0 Å². The molecule has 2 rings (SSSR count). The van der Waals surface area contributed by atoms with Gasteiger partial charge < -0.3 is 4.90 Å². The van der Waals surface area contributed by atoms with Gasteiger partial charge in [0.2, 0.25) is 15.0 Å². The standard InChI is InChI=1S/C13H15Cl2NO3S/c1-8-4-12(9(2)3-11(8)14)16-6-10(5-13(16)17)7-20(15,18)19/h3-4,10H,5-7H2,1-2H3. The molecule has 1 aromatic rings. The molecule has 0 aromatic heterocycles. The van der Waals surface area contributed by atoms with Gasteiger partial charge in [0, 0.05) is 40.3 Å². The summed E-state index contributed by atoms with van der Waals surface area (Å²) in [6.45, 7) is 4.11. The normalized spacial score (nSPS) is 19.7. The fraction of sp³-hybridized carbons (Fsp3) is 0.462. The molecule has 1 amide bonds. The number of anilines is 1. The fourth-order valence-electron chi connectivity index (χ4n) is 2.46. The number of halogens is 2. The van der Waals surface area contributed by atoms with E-state index in [1.807, 2.05) is 26.0 Å². The second kappa shape index (κ2) is 5.54. The summed E-state index contributed by atoms with van der Waals surface area (Å²) in [5.41, 5.74) is 2.56. The largest absolute Gasteiger partial charge is 0.312 e. The number of rotatable bonds is 3. The van der Waals surface area contributed by atoms with E-state index in [2.05, 4.69) is 0 Å². The van der Waals surface area contributed by atoms with Crippen molar-refractivity contribution in [2.75, 3.05) is 17.2 Å². The van der Waals surface area contributed by atoms with E-state index >= 15 is 0 Å². The van der Waals surface area contributed by atoms with Crippen molar-refractivity contribution in [3.8, 4) is 0 Å². The van der Waals surface area contributed by atoms with Crippen molar-refractivity contribution in [3.05, 3.63) is 28.3 Å². The van der Waals surface area contributed by atoms with Crippen molar-refractivity contribution < 1.29 is 13.2 Å². The molecule has 1 fully saturated rings. The van der Waals surface area contributed by atoms with Gasteiger partial charge in [0.05, 0.1) is 5.75 Å². The second-order valence-corrected chi connectivity index (χ2v) is 8.40. The van der Waals surface area contributed by atoms with E-state index in [-0.39, 0.29) is 24.0 Å². The van der Waals surface area contributed by atoms with Gasteiger partial charge in [0.15, 0.2) is 0 Å². The van der Waals surface area contributed by atoms with Crippen molar-refractivity contribution >= 4 is 42.9 Å². The smallest absolute Gasteiger partial charge is 0.232 e. The lowest BCUT2D eigenvalue weighted by Crippen LogP contribution is -2.26. The molecular weight excluding hydrogens is 321 g/mol. The van der Waals surface area contributed by atoms with Crippen LogP contribution in [0.25, 0.3) is 0 Å². The molecule has 0 radical (unpaired) electrons. The van der Waals surface area contributed by atoms with Gasteiger partial charge in [0.1, 0.15) is 0 Å². The predicted molar refractivity (Wildman–Crippen MR) is 81.0 cm³/mol. The van der Waals surface area contributed by atoms with Crippen molar-refractivity contribution in [3.63, 3.8) is 0 Å². The molecule has 0 spiro atoms. The van der Waals surface area contributed by atoms with Gasteiger partial charge in [-0.25, -0.2) is 8.42 Å². The van der Waals surface area contributed by atoms with Crippen LogP contribution in [0.2, 0.25) is 5.02 Å². The highest BCUT2D eigenvalue weighted by Gasteiger charge is 2.33.